The van der Waals surface area contributed by atoms with E-state index in [0.29, 0.717) is 27.6 Å². The number of hydrogen-bond acceptors (Lipinski definition) is 5. The number of rotatable bonds is 3. The number of aromatic nitrogens is 1. The summed E-state index contributed by atoms with van der Waals surface area (Å²) in [7, 11) is 0. The van der Waals surface area contributed by atoms with Crippen LogP contribution in [0.5, 0.6) is 0 Å². The molecule has 162 valence electrons. The minimum atomic E-state index is -0.579. The van der Waals surface area contributed by atoms with E-state index in [1.807, 2.05) is 45.0 Å². The Morgan fingerprint density at radius 3 is 2.38 bits per heavy atom. The maximum atomic E-state index is 13.7. The molecule has 3 heterocycles. The van der Waals surface area contributed by atoms with Gasteiger partial charge in [-0.1, -0.05) is 49.7 Å². The van der Waals surface area contributed by atoms with Crippen LogP contribution in [-0.2, 0) is 0 Å². The number of carbonyl (C=O) groups excluding carboxylic acids is 1. The maximum absolute atomic E-state index is 13.7. The summed E-state index contributed by atoms with van der Waals surface area (Å²) in [5.41, 5.74) is 4.56. The lowest BCUT2D eigenvalue weighted by molar-refractivity contribution is 0.0971. The summed E-state index contributed by atoms with van der Waals surface area (Å²) in [5.74, 6) is 0.167. The Bertz CT molecular complexity index is 1410. The molecule has 1 amide bonds. The molecular formula is C26H24N2O3S. The summed E-state index contributed by atoms with van der Waals surface area (Å²) in [6.45, 7) is 10.1. The molecule has 0 radical (unpaired) electrons. The number of amides is 1. The third-order valence-electron chi connectivity index (χ3n) is 6.17. The third-order valence-corrected chi connectivity index (χ3v) is 7.24. The van der Waals surface area contributed by atoms with Gasteiger partial charge in [-0.3, -0.25) is 14.5 Å². The van der Waals surface area contributed by atoms with Crippen LogP contribution in [0.2, 0.25) is 0 Å². The Kier molecular flexibility index (Phi) is 4.78. The van der Waals surface area contributed by atoms with Gasteiger partial charge in [0, 0.05) is 4.88 Å². The molecule has 5 nitrogen and oxygen atoms in total. The van der Waals surface area contributed by atoms with Crippen molar-refractivity contribution in [3.63, 3.8) is 0 Å². The molecule has 4 aromatic rings. The van der Waals surface area contributed by atoms with Crippen LogP contribution in [-0.4, -0.2) is 10.9 Å². The van der Waals surface area contributed by atoms with E-state index < -0.39 is 6.04 Å². The fraction of sp³-hybridized carbons (Fsp3) is 0.269. The Morgan fingerprint density at radius 1 is 1.03 bits per heavy atom. The highest BCUT2D eigenvalue weighted by Crippen LogP contribution is 2.43. The van der Waals surface area contributed by atoms with Gasteiger partial charge < -0.3 is 4.42 Å². The zero-order chi connectivity index (χ0) is 22.7. The van der Waals surface area contributed by atoms with Crippen LogP contribution in [0.3, 0.4) is 0 Å². The van der Waals surface area contributed by atoms with E-state index in [9.17, 15) is 9.59 Å². The van der Waals surface area contributed by atoms with Gasteiger partial charge in [0.25, 0.3) is 5.91 Å². The normalized spacial score (nSPS) is 15.8. The largest absolute Gasteiger partial charge is 0.450 e. The molecule has 0 spiro atoms. The van der Waals surface area contributed by atoms with E-state index in [2.05, 4.69) is 31.0 Å². The van der Waals surface area contributed by atoms with Gasteiger partial charge in [-0.05, 0) is 49.9 Å². The first kappa shape index (κ1) is 20.6. The first-order chi connectivity index (χ1) is 15.3. The van der Waals surface area contributed by atoms with Crippen LogP contribution in [0.4, 0.5) is 5.13 Å². The second-order valence-electron chi connectivity index (χ2n) is 8.71. The fourth-order valence-electron chi connectivity index (χ4n) is 4.22. The lowest BCUT2D eigenvalue weighted by atomic mass is 9.95. The van der Waals surface area contributed by atoms with E-state index in [1.54, 1.807) is 11.0 Å². The standard InChI is InChI=1S/C26H24N2O3S/c1-13(2)17-7-9-18(10-8-17)22-21-23(29)19-12-14(3)6-11-20(19)31-24(21)25(30)28(22)26-27-15(4)16(5)32-26/h6-13,22H,1-5H3/t22-/m1/s1. The SMILES string of the molecule is Cc1ccc2oc3c(c(=O)c2c1)[C@@H](c1ccc(C(C)C)cc1)N(c1nc(C)c(C)s1)C3=O. The second kappa shape index (κ2) is 7.41. The van der Waals surface area contributed by atoms with Gasteiger partial charge in [0.05, 0.1) is 22.7 Å². The van der Waals surface area contributed by atoms with Crippen LogP contribution < -0.4 is 10.3 Å². The van der Waals surface area contributed by atoms with E-state index in [0.717, 1.165) is 21.7 Å². The second-order valence-corrected chi connectivity index (χ2v) is 9.89. The molecule has 2 aromatic carbocycles. The van der Waals surface area contributed by atoms with E-state index >= 15 is 0 Å². The van der Waals surface area contributed by atoms with Crippen molar-refractivity contribution in [3.8, 4) is 0 Å². The van der Waals surface area contributed by atoms with Crippen molar-refractivity contribution in [1.29, 1.82) is 0 Å². The molecule has 0 N–H and O–H groups in total. The summed E-state index contributed by atoms with van der Waals surface area (Å²) in [5, 5.41) is 1.07. The predicted octanol–water partition coefficient (Wildman–Crippen LogP) is 6.05. The van der Waals surface area contributed by atoms with E-state index in [-0.39, 0.29) is 17.1 Å². The van der Waals surface area contributed by atoms with Crippen LogP contribution >= 0.6 is 11.3 Å². The van der Waals surface area contributed by atoms with Crippen molar-refractivity contribution in [1.82, 2.24) is 4.98 Å². The van der Waals surface area contributed by atoms with Crippen molar-refractivity contribution >= 4 is 33.3 Å². The van der Waals surface area contributed by atoms with E-state index in [4.69, 9.17) is 4.42 Å². The molecule has 1 aliphatic rings. The molecule has 0 saturated carbocycles. The monoisotopic (exact) mass is 444 g/mol. The van der Waals surface area contributed by atoms with E-state index in [1.165, 1.54) is 16.9 Å². The average Bonchev–Trinajstić information content (AvgIpc) is 3.25. The summed E-state index contributed by atoms with van der Waals surface area (Å²) in [6.07, 6.45) is 0. The quantitative estimate of drug-likeness (QED) is 0.386. The molecule has 1 aliphatic heterocycles. The number of hydrogen-bond donors (Lipinski definition) is 0. The number of nitrogens with zero attached hydrogens (tertiary/aromatic N) is 2. The first-order valence-electron chi connectivity index (χ1n) is 10.7. The predicted molar refractivity (Wildman–Crippen MR) is 128 cm³/mol. The Balaban J connectivity index is 1.79. The highest BCUT2D eigenvalue weighted by molar-refractivity contribution is 7.15. The number of thiazole rings is 1. The van der Waals surface area contributed by atoms with Gasteiger partial charge in [0.1, 0.15) is 5.58 Å². The number of fused-ring (bicyclic) bond motifs is 2. The molecule has 0 aliphatic carbocycles. The third kappa shape index (κ3) is 3.09. The minimum absolute atomic E-state index is 0.106. The van der Waals surface area contributed by atoms with Crippen molar-refractivity contribution in [2.75, 3.05) is 4.90 Å². The summed E-state index contributed by atoms with van der Waals surface area (Å²) in [6, 6.07) is 13.0. The van der Waals surface area contributed by atoms with Gasteiger partial charge in [0.15, 0.2) is 10.6 Å². The fourth-order valence-corrected chi connectivity index (χ4v) is 5.16. The molecule has 2 aromatic heterocycles. The summed E-state index contributed by atoms with van der Waals surface area (Å²) >= 11 is 1.46. The summed E-state index contributed by atoms with van der Waals surface area (Å²) < 4.78 is 6.04. The molecule has 0 fully saturated rings. The highest BCUT2D eigenvalue weighted by Gasteiger charge is 2.45. The number of carbonyl (C=O) groups is 1. The molecule has 6 heteroatoms. The summed E-state index contributed by atoms with van der Waals surface area (Å²) in [4.78, 5) is 34.6. The zero-order valence-corrected chi connectivity index (χ0v) is 19.5. The van der Waals surface area contributed by atoms with Gasteiger partial charge in [0.2, 0.25) is 5.76 Å². The Hall–Kier alpha value is -3.25. The number of aryl methyl sites for hydroxylation is 3. The van der Waals surface area contributed by atoms with Crippen LogP contribution in [0, 0.1) is 20.8 Å². The zero-order valence-electron chi connectivity index (χ0n) is 18.7. The minimum Gasteiger partial charge on any atom is -0.450 e. The van der Waals surface area contributed by atoms with Crippen LogP contribution in [0.15, 0.2) is 51.7 Å². The molecular weight excluding hydrogens is 420 g/mol. The molecule has 32 heavy (non-hydrogen) atoms. The van der Waals surface area contributed by atoms with Gasteiger partial charge in [-0.15, -0.1) is 11.3 Å². The van der Waals surface area contributed by atoms with Gasteiger partial charge >= 0.3 is 0 Å². The maximum Gasteiger partial charge on any atom is 0.297 e. The first-order valence-corrected chi connectivity index (χ1v) is 11.5. The smallest absolute Gasteiger partial charge is 0.297 e. The van der Waals surface area contributed by atoms with Gasteiger partial charge in [-0.25, -0.2) is 4.98 Å². The topological polar surface area (TPSA) is 63.4 Å². The van der Waals surface area contributed by atoms with Crippen molar-refractivity contribution in [2.45, 2.75) is 46.6 Å². The van der Waals surface area contributed by atoms with Crippen LogP contribution in [0.25, 0.3) is 11.0 Å². The highest BCUT2D eigenvalue weighted by atomic mass is 32.1. The average molecular weight is 445 g/mol. The molecule has 5 rings (SSSR count). The Labute approximate surface area is 190 Å². The van der Waals surface area contributed by atoms with Crippen molar-refractivity contribution < 1.29 is 9.21 Å². The lowest BCUT2D eigenvalue weighted by Crippen LogP contribution is -2.29. The van der Waals surface area contributed by atoms with Crippen LogP contribution in [0.1, 0.15) is 69.2 Å². The number of benzene rings is 2. The molecule has 0 bridgehead atoms. The van der Waals surface area contributed by atoms with Gasteiger partial charge in [-0.2, -0.15) is 0 Å². The molecule has 0 saturated heterocycles. The van der Waals surface area contributed by atoms with Crippen molar-refractivity contribution in [3.05, 3.63) is 91.3 Å². The lowest BCUT2D eigenvalue weighted by Gasteiger charge is -2.23. The molecule has 0 unspecified atom stereocenters. The molecule has 1 atom stereocenters. The number of anilines is 1. The van der Waals surface area contributed by atoms with Crippen molar-refractivity contribution in [2.24, 2.45) is 0 Å². The Morgan fingerprint density at radius 2 is 1.75 bits per heavy atom.